The van der Waals surface area contributed by atoms with E-state index in [4.69, 9.17) is 17.3 Å². The molecule has 1 heterocycles. The lowest BCUT2D eigenvalue weighted by atomic mass is 9.88. The molecule has 1 aliphatic heterocycles. The van der Waals surface area contributed by atoms with Gasteiger partial charge in [-0.25, -0.2) is 0 Å². The first-order valence-corrected chi connectivity index (χ1v) is 8.84. The highest BCUT2D eigenvalue weighted by Crippen LogP contribution is 2.44. The van der Waals surface area contributed by atoms with Gasteiger partial charge in [0.2, 0.25) is 0 Å². The van der Waals surface area contributed by atoms with Crippen molar-refractivity contribution in [3.8, 4) is 0 Å². The Labute approximate surface area is 139 Å². The lowest BCUT2D eigenvalue weighted by molar-refractivity contribution is -0.114. The first-order chi connectivity index (χ1) is 10.6. The van der Waals surface area contributed by atoms with Gasteiger partial charge in [-0.1, -0.05) is 30.2 Å². The Balaban J connectivity index is 1.78. The second-order valence-corrected chi connectivity index (χ2v) is 7.55. The molecule has 1 aliphatic carbocycles. The Morgan fingerprint density at radius 2 is 2.09 bits per heavy atom. The summed E-state index contributed by atoms with van der Waals surface area (Å²) in [5, 5.41) is 0.600. The third kappa shape index (κ3) is 3.14. The highest BCUT2D eigenvalue weighted by atomic mass is 35.5. The molecular formula is C17H18ClNO2S. The van der Waals surface area contributed by atoms with Gasteiger partial charge in [-0.2, -0.15) is 0 Å². The Morgan fingerprint density at radius 1 is 1.27 bits per heavy atom. The molecule has 5 heteroatoms. The molecule has 1 saturated carbocycles. The fourth-order valence-electron chi connectivity index (χ4n) is 3.21. The maximum absolute atomic E-state index is 12.6. The second kappa shape index (κ2) is 6.57. The van der Waals surface area contributed by atoms with Crippen LogP contribution in [0.1, 0.15) is 42.5 Å². The summed E-state index contributed by atoms with van der Waals surface area (Å²) in [6.07, 6.45) is 4.21. The van der Waals surface area contributed by atoms with Crippen molar-refractivity contribution < 1.29 is 9.59 Å². The topological polar surface area (TPSA) is 60.2 Å². The zero-order chi connectivity index (χ0) is 15.7. The SMILES string of the molecule is NC1SC2CCCCC2=C1C(=O)CC(=O)c1cccc(Cl)c1. The third-order valence-corrected chi connectivity index (χ3v) is 5.87. The van der Waals surface area contributed by atoms with E-state index in [0.717, 1.165) is 19.3 Å². The molecule has 3 nitrogen and oxygen atoms in total. The number of carbonyl (C=O) groups excluding carboxylic acids is 2. The van der Waals surface area contributed by atoms with Gasteiger partial charge in [0.1, 0.15) is 0 Å². The largest absolute Gasteiger partial charge is 0.316 e. The summed E-state index contributed by atoms with van der Waals surface area (Å²) in [7, 11) is 0. The summed E-state index contributed by atoms with van der Waals surface area (Å²) in [6.45, 7) is 0. The molecule has 0 spiro atoms. The van der Waals surface area contributed by atoms with Crippen molar-refractivity contribution in [2.45, 2.75) is 42.7 Å². The highest BCUT2D eigenvalue weighted by Gasteiger charge is 2.37. The summed E-state index contributed by atoms with van der Waals surface area (Å²) in [4.78, 5) is 24.9. The van der Waals surface area contributed by atoms with E-state index in [1.54, 1.807) is 36.0 Å². The predicted octanol–water partition coefficient (Wildman–Crippen LogP) is 3.75. The Kier molecular flexibility index (Phi) is 4.71. The van der Waals surface area contributed by atoms with Gasteiger partial charge in [0.25, 0.3) is 0 Å². The number of ketones is 2. The Hall–Kier alpha value is -1.10. The number of thioether (sulfide) groups is 1. The molecule has 1 aromatic carbocycles. The van der Waals surface area contributed by atoms with E-state index in [1.807, 2.05) is 0 Å². The van der Waals surface area contributed by atoms with Crippen LogP contribution in [0.15, 0.2) is 35.4 Å². The van der Waals surface area contributed by atoms with E-state index >= 15 is 0 Å². The van der Waals surface area contributed by atoms with Gasteiger partial charge in [-0.3, -0.25) is 9.59 Å². The predicted molar refractivity (Wildman–Crippen MR) is 90.3 cm³/mol. The fraction of sp³-hybridized carbons (Fsp3) is 0.412. The number of carbonyl (C=O) groups is 2. The minimum Gasteiger partial charge on any atom is -0.316 e. The van der Waals surface area contributed by atoms with Crippen LogP contribution in [0.4, 0.5) is 0 Å². The van der Waals surface area contributed by atoms with Gasteiger partial charge in [-0.15, -0.1) is 11.8 Å². The molecule has 0 bridgehead atoms. The van der Waals surface area contributed by atoms with Gasteiger partial charge in [0, 0.05) is 21.4 Å². The molecule has 0 saturated heterocycles. The lowest BCUT2D eigenvalue weighted by Crippen LogP contribution is -2.23. The van der Waals surface area contributed by atoms with Crippen LogP contribution in [0.5, 0.6) is 0 Å². The number of Topliss-reactive ketones (excluding diaryl/α,β-unsaturated/α-hetero) is 2. The summed E-state index contributed by atoms with van der Waals surface area (Å²) < 4.78 is 0. The maximum Gasteiger partial charge on any atom is 0.170 e. The molecule has 2 N–H and O–H groups in total. The van der Waals surface area contributed by atoms with Crippen molar-refractivity contribution in [2.24, 2.45) is 5.73 Å². The lowest BCUT2D eigenvalue weighted by Gasteiger charge is -2.19. The first-order valence-electron chi connectivity index (χ1n) is 7.52. The number of rotatable bonds is 4. The highest BCUT2D eigenvalue weighted by molar-refractivity contribution is 8.01. The van der Waals surface area contributed by atoms with E-state index < -0.39 is 0 Å². The number of hydrogen-bond donors (Lipinski definition) is 1. The van der Waals surface area contributed by atoms with Crippen molar-refractivity contribution in [1.82, 2.24) is 0 Å². The van der Waals surface area contributed by atoms with Crippen LogP contribution in [-0.2, 0) is 4.79 Å². The fourth-order valence-corrected chi connectivity index (χ4v) is 4.88. The summed E-state index contributed by atoms with van der Waals surface area (Å²) in [5.41, 5.74) is 8.49. The molecule has 0 amide bonds. The van der Waals surface area contributed by atoms with Crippen molar-refractivity contribution in [3.05, 3.63) is 46.0 Å². The number of nitrogens with two attached hydrogens (primary N) is 1. The number of hydrogen-bond acceptors (Lipinski definition) is 4. The van der Waals surface area contributed by atoms with Crippen LogP contribution in [0.2, 0.25) is 5.02 Å². The number of benzene rings is 1. The second-order valence-electron chi connectivity index (χ2n) is 5.76. The number of halogens is 1. The third-order valence-electron chi connectivity index (χ3n) is 4.26. The Morgan fingerprint density at radius 3 is 2.86 bits per heavy atom. The molecule has 2 unspecified atom stereocenters. The minimum absolute atomic E-state index is 0.121. The van der Waals surface area contributed by atoms with Crippen LogP contribution < -0.4 is 5.73 Å². The van der Waals surface area contributed by atoms with Crippen LogP contribution in [0.25, 0.3) is 0 Å². The van der Waals surface area contributed by atoms with E-state index in [9.17, 15) is 9.59 Å². The molecule has 116 valence electrons. The average molecular weight is 336 g/mol. The smallest absolute Gasteiger partial charge is 0.170 e. The summed E-state index contributed by atoms with van der Waals surface area (Å²) in [5.74, 6) is -0.318. The molecule has 1 aromatic rings. The van der Waals surface area contributed by atoms with Crippen LogP contribution >= 0.6 is 23.4 Å². The van der Waals surface area contributed by atoms with Gasteiger partial charge in [-0.05, 0) is 37.0 Å². The van der Waals surface area contributed by atoms with E-state index in [-0.39, 0.29) is 23.4 Å². The zero-order valence-electron chi connectivity index (χ0n) is 12.2. The van der Waals surface area contributed by atoms with Crippen LogP contribution in [0, 0.1) is 0 Å². The van der Waals surface area contributed by atoms with Crippen molar-refractivity contribution in [2.75, 3.05) is 0 Å². The summed E-state index contributed by atoms with van der Waals surface area (Å²) in [6, 6.07) is 6.71. The van der Waals surface area contributed by atoms with Crippen molar-refractivity contribution >= 4 is 34.9 Å². The minimum atomic E-state index is -0.280. The van der Waals surface area contributed by atoms with E-state index in [1.165, 1.54) is 12.0 Å². The number of fused-ring (bicyclic) bond motifs is 1. The first kappa shape index (κ1) is 15.8. The molecule has 1 fully saturated rings. The average Bonchev–Trinajstić information content (AvgIpc) is 2.83. The van der Waals surface area contributed by atoms with Gasteiger partial charge < -0.3 is 5.73 Å². The van der Waals surface area contributed by atoms with Gasteiger partial charge in [0.05, 0.1) is 11.8 Å². The molecule has 2 atom stereocenters. The molecular weight excluding hydrogens is 318 g/mol. The Bertz CT molecular complexity index is 656. The van der Waals surface area contributed by atoms with E-state index in [2.05, 4.69) is 0 Å². The maximum atomic E-state index is 12.6. The van der Waals surface area contributed by atoms with E-state index in [0.29, 0.717) is 21.4 Å². The van der Waals surface area contributed by atoms with Crippen LogP contribution in [0.3, 0.4) is 0 Å². The van der Waals surface area contributed by atoms with Gasteiger partial charge >= 0.3 is 0 Å². The molecule has 0 aromatic heterocycles. The molecule has 22 heavy (non-hydrogen) atoms. The monoisotopic (exact) mass is 335 g/mol. The normalized spacial score (nSPS) is 24.3. The molecule has 3 rings (SSSR count). The zero-order valence-corrected chi connectivity index (χ0v) is 13.8. The standard InChI is InChI=1S/C17H18ClNO2S/c18-11-5-3-4-10(8-11)13(20)9-14(21)16-12-6-1-2-7-15(12)22-17(16)19/h3-5,8,15,17H,1-2,6-7,9,19H2. The van der Waals surface area contributed by atoms with Gasteiger partial charge in [0.15, 0.2) is 11.6 Å². The van der Waals surface area contributed by atoms with Crippen LogP contribution in [-0.4, -0.2) is 22.2 Å². The van der Waals surface area contributed by atoms with Crippen molar-refractivity contribution in [3.63, 3.8) is 0 Å². The summed E-state index contributed by atoms with van der Waals surface area (Å²) >= 11 is 7.56. The van der Waals surface area contributed by atoms with Crippen molar-refractivity contribution in [1.29, 1.82) is 0 Å². The quantitative estimate of drug-likeness (QED) is 0.672. The molecule has 0 radical (unpaired) electrons. The molecule has 2 aliphatic rings.